The Bertz CT molecular complexity index is 5600. The van der Waals surface area contributed by atoms with Crippen LogP contribution in [0.25, 0.3) is 66.9 Å². The molecule has 0 radical (unpaired) electrons. The largest absolute Gasteiger partial charge is 0.497 e. The Kier molecular flexibility index (Phi) is 23.6. The number of alkyl halides is 3. The van der Waals surface area contributed by atoms with Crippen molar-refractivity contribution in [2.75, 3.05) is 96.6 Å². The maximum Gasteiger partial charge on any atom is 0.401 e. The quantitative estimate of drug-likeness (QED) is 0.0545. The molecule has 7 aromatic heterocycles. The molecule has 0 N–H and O–H groups in total. The molecule has 14 aromatic rings. The third kappa shape index (κ3) is 19.2. The lowest BCUT2D eigenvalue weighted by atomic mass is 9.95. The normalized spacial score (nSPS) is 14.1. The summed E-state index contributed by atoms with van der Waals surface area (Å²) in [6, 6.07) is 51.9. The van der Waals surface area contributed by atoms with Gasteiger partial charge >= 0.3 is 6.18 Å². The molecule has 1 aliphatic carbocycles. The van der Waals surface area contributed by atoms with Crippen molar-refractivity contribution in [1.29, 1.82) is 0 Å². The van der Waals surface area contributed by atoms with E-state index in [4.69, 9.17) is 43.4 Å². The van der Waals surface area contributed by atoms with Gasteiger partial charge in [-0.3, -0.25) is 38.9 Å². The highest BCUT2D eigenvalue weighted by atomic mass is 19.4. The van der Waals surface area contributed by atoms with Crippen molar-refractivity contribution in [3.8, 4) is 80.1 Å². The highest BCUT2D eigenvalue weighted by Crippen LogP contribution is 2.49. The van der Waals surface area contributed by atoms with E-state index in [0.717, 1.165) is 137 Å². The van der Waals surface area contributed by atoms with Crippen molar-refractivity contribution < 1.29 is 41.6 Å². The number of benzene rings is 7. The lowest BCUT2D eigenvalue weighted by Crippen LogP contribution is -2.42. The van der Waals surface area contributed by atoms with Gasteiger partial charge in [0.1, 0.15) is 34.5 Å². The summed E-state index contributed by atoms with van der Waals surface area (Å²) in [6.45, 7) is 2.08. The molecule has 8 heterocycles. The molecule has 26 heteroatoms. The van der Waals surface area contributed by atoms with Crippen LogP contribution in [0.5, 0.6) is 34.5 Å². The fraction of sp³-hybridized carbons (Fsp3) is 0.264. The van der Waals surface area contributed by atoms with Gasteiger partial charge in [-0.15, -0.1) is 0 Å². The molecule has 576 valence electrons. The average Bonchev–Trinajstić information content (AvgIpc) is 1.66. The number of halogens is 3. The molecule has 2 fully saturated rings. The van der Waals surface area contributed by atoms with Crippen LogP contribution in [0.15, 0.2) is 220 Å². The van der Waals surface area contributed by atoms with Gasteiger partial charge in [0.05, 0.1) is 137 Å². The van der Waals surface area contributed by atoms with E-state index in [1.807, 2.05) is 167 Å². The second kappa shape index (κ2) is 34.8. The molecule has 113 heavy (non-hydrogen) atoms. The van der Waals surface area contributed by atoms with Crippen molar-refractivity contribution >= 4 is 67.2 Å². The summed E-state index contributed by atoms with van der Waals surface area (Å²) < 4.78 is 77.3. The van der Waals surface area contributed by atoms with Gasteiger partial charge in [-0.25, -0.2) is 15.0 Å². The van der Waals surface area contributed by atoms with Gasteiger partial charge in [-0.2, -0.15) is 28.5 Å². The van der Waals surface area contributed by atoms with Gasteiger partial charge in [0.25, 0.3) is 0 Å². The number of rotatable bonds is 23. The molecule has 1 saturated carbocycles. The number of aryl methyl sites for hydroxylation is 3. The van der Waals surface area contributed by atoms with E-state index in [2.05, 4.69) is 98.2 Å². The van der Waals surface area contributed by atoms with Gasteiger partial charge < -0.3 is 43.1 Å². The van der Waals surface area contributed by atoms with Crippen LogP contribution in [0.1, 0.15) is 42.9 Å². The zero-order chi connectivity index (χ0) is 78.5. The summed E-state index contributed by atoms with van der Waals surface area (Å²) in [5, 5.41) is 12.8. The van der Waals surface area contributed by atoms with Gasteiger partial charge in [0, 0.05) is 195 Å². The van der Waals surface area contributed by atoms with Crippen LogP contribution >= 0.6 is 0 Å². The average molecular weight is 1520 g/mol. The molecule has 0 amide bonds. The number of nitrogens with zero attached hydrogens (tertiary/aromatic N) is 17. The highest BCUT2D eigenvalue weighted by Gasteiger charge is 2.41. The fourth-order valence-electron chi connectivity index (χ4n) is 13.9. The molecule has 7 aromatic carbocycles. The molecule has 0 spiro atoms. The topological polar surface area (TPSA) is 212 Å². The van der Waals surface area contributed by atoms with Crippen LogP contribution in [-0.4, -0.2) is 157 Å². The van der Waals surface area contributed by atoms with E-state index in [9.17, 15) is 13.2 Å². The monoisotopic (exact) mass is 1520 g/mol. The van der Waals surface area contributed by atoms with E-state index >= 15 is 0 Å². The minimum atomic E-state index is -4.18. The number of ether oxygens (including phenoxy) is 6. The molecular weight excluding hydrogens is 1440 g/mol. The number of methoxy groups -OCH3 is 6. The van der Waals surface area contributed by atoms with Gasteiger partial charge in [-0.05, 0) is 123 Å². The van der Waals surface area contributed by atoms with Crippen LogP contribution in [-0.2, 0) is 21.1 Å². The number of piperidine rings is 1. The lowest BCUT2D eigenvalue weighted by Gasteiger charge is -2.36. The minimum absolute atomic E-state index is 0.204. The first-order chi connectivity index (χ1) is 54.9. The molecule has 2 aliphatic rings. The van der Waals surface area contributed by atoms with Gasteiger partial charge in [-0.1, -0.05) is 36.1 Å². The Morgan fingerprint density at radius 3 is 1.23 bits per heavy atom. The zero-order valence-electron chi connectivity index (χ0n) is 64.3. The Morgan fingerprint density at radius 1 is 0.434 bits per heavy atom. The number of hydrogen-bond donors (Lipinski definition) is 0. The zero-order valence-corrected chi connectivity index (χ0v) is 64.3. The molecule has 23 nitrogen and oxygen atoms in total. The first kappa shape index (κ1) is 76.6. The molecule has 1 saturated heterocycles. The lowest BCUT2D eigenvalue weighted by molar-refractivity contribution is -0.148. The van der Waals surface area contributed by atoms with E-state index in [1.165, 1.54) is 4.90 Å². The molecule has 0 unspecified atom stereocenters. The van der Waals surface area contributed by atoms with Crippen LogP contribution in [0, 0.1) is 23.7 Å². The summed E-state index contributed by atoms with van der Waals surface area (Å²) >= 11 is 0. The third-order valence-corrected chi connectivity index (χ3v) is 19.9. The van der Waals surface area contributed by atoms with Crippen molar-refractivity contribution in [2.24, 2.45) is 33.0 Å². The van der Waals surface area contributed by atoms with Crippen molar-refractivity contribution in [2.45, 2.75) is 37.8 Å². The minimum Gasteiger partial charge on any atom is -0.497 e. The summed E-state index contributed by atoms with van der Waals surface area (Å²) in [5.74, 6) is 11.9. The molecule has 2 atom stereocenters. The van der Waals surface area contributed by atoms with E-state index in [0.29, 0.717) is 80.3 Å². The number of hydrogen-bond acceptors (Lipinski definition) is 20. The molecular formula is C87H86F3N17O6. The van der Waals surface area contributed by atoms with E-state index < -0.39 is 12.7 Å². The van der Waals surface area contributed by atoms with Crippen LogP contribution in [0.3, 0.4) is 0 Å². The SMILES string of the molecule is COc1cc(OC)cc(N(CC2CCN(CC(F)(F)F)CC2)c2ccc3ncc(-c4cnn(C)c4)nc3c2)c1.COc1cc(OC)cc(N(CCC#Cc2ccccc2)c2ccc3ncc(-c4cnn(C)c4)nc3c2)c1.COc1cc(OC)cc(N(C[C@@H]2C[C@H]2c2ccccn2)c2ccc3ncc(-c4cnn(C)c4)nc3c2)c1. The highest BCUT2D eigenvalue weighted by molar-refractivity contribution is 5.86. The second-order valence-electron chi connectivity index (χ2n) is 27.7. The van der Waals surface area contributed by atoms with Crippen molar-refractivity contribution in [3.63, 3.8) is 0 Å². The number of fused-ring (bicyclic) bond motifs is 3. The van der Waals surface area contributed by atoms with Crippen molar-refractivity contribution in [1.82, 2.24) is 69.1 Å². The Hall–Kier alpha value is -13.2. The molecule has 0 bridgehead atoms. The number of aromatic nitrogens is 13. The Labute approximate surface area is 653 Å². The summed E-state index contributed by atoms with van der Waals surface area (Å²) in [5.41, 5.74) is 17.7. The first-order valence-electron chi connectivity index (χ1n) is 37.0. The first-order valence-corrected chi connectivity index (χ1v) is 37.0. The number of likely N-dealkylation sites (tertiary alicyclic amines) is 1. The van der Waals surface area contributed by atoms with E-state index in [-0.39, 0.29) is 5.92 Å². The fourth-order valence-corrected chi connectivity index (χ4v) is 13.9. The Balaban J connectivity index is 0.000000141. The van der Waals surface area contributed by atoms with Crippen LogP contribution in [0.2, 0.25) is 0 Å². The predicted molar refractivity (Wildman–Crippen MR) is 433 cm³/mol. The van der Waals surface area contributed by atoms with Gasteiger partial charge in [0.2, 0.25) is 0 Å². The van der Waals surface area contributed by atoms with Crippen molar-refractivity contribution in [3.05, 3.63) is 231 Å². The summed E-state index contributed by atoms with van der Waals surface area (Å²) in [4.78, 5) is 41.3. The number of anilines is 6. The van der Waals surface area contributed by atoms with Crippen LogP contribution < -0.4 is 43.1 Å². The molecule has 1 aliphatic heterocycles. The van der Waals surface area contributed by atoms with Gasteiger partial charge in [0.15, 0.2) is 0 Å². The summed E-state index contributed by atoms with van der Waals surface area (Å²) in [6.07, 6.45) is 17.2. The smallest absolute Gasteiger partial charge is 0.401 e. The second-order valence-corrected chi connectivity index (χ2v) is 27.7. The maximum atomic E-state index is 12.9. The Morgan fingerprint density at radius 2 is 0.841 bits per heavy atom. The summed E-state index contributed by atoms with van der Waals surface area (Å²) in [7, 11) is 15.5. The van der Waals surface area contributed by atoms with Crippen LogP contribution in [0.4, 0.5) is 47.3 Å². The predicted octanol–water partition coefficient (Wildman–Crippen LogP) is 16.5. The maximum absolute atomic E-state index is 12.9. The third-order valence-electron chi connectivity index (χ3n) is 19.9. The standard InChI is InChI=1S/C30H27N5O2.C29H28N6O2.C28H31F3N6O2/c1-34-21-23(19-32-34)30-20-31-28-13-12-24(17-29(28)33-30)35(14-8-7-11-22-9-5-4-6-10-22)25-15-26(36-2)18-27(16-25)37-3;1-34-17-20(15-32-34)29-16-31-27-8-7-21(13-28(27)33-29)35(22-11-23(36-2)14-24(12-22)37-3)18-19-10-25(19)26-6-4-5-9-30-26;1-35-17-20(14-33-35)27-15-32-25-5-4-21(12-26(25)34-27)37(22-10-23(38-2)13-24(11-22)39-3)16-19-6-8-36(9-7-19)18-28(29,30)31/h4-6,9-10,12-13,15-21H,8,14H2,1-3H3;4-9,11-17,19,25H,10,18H2,1-3H3;4-5,10-15,17,19H,6-9,16,18H2,1-3H3/t;19-,25+;/m.0./s1. The van der Waals surface area contributed by atoms with E-state index in [1.54, 1.807) is 93.9 Å². The molecule has 16 rings (SSSR count). The number of pyridine rings is 1.